The van der Waals surface area contributed by atoms with Crippen LogP contribution in [0.4, 0.5) is 10.2 Å². The van der Waals surface area contributed by atoms with Crippen molar-refractivity contribution in [1.29, 1.82) is 0 Å². The van der Waals surface area contributed by atoms with Crippen LogP contribution in [0.3, 0.4) is 0 Å². The van der Waals surface area contributed by atoms with Gasteiger partial charge in [0, 0.05) is 19.3 Å². The van der Waals surface area contributed by atoms with Crippen LogP contribution in [0.5, 0.6) is 0 Å². The third-order valence-electron chi connectivity index (χ3n) is 2.65. The Bertz CT molecular complexity index is 657. The highest BCUT2D eigenvalue weighted by atomic mass is 18.3. The second-order valence-electron chi connectivity index (χ2n) is 3.69. The largest absolute Gasteiger partial charge is 0.300 e. The number of nitrogens with zero attached hydrogens (tertiary/aromatic N) is 3. The average Bonchev–Trinajstić information content (AvgIpc) is 2.66. The maximum atomic E-state index is 13.0. The summed E-state index contributed by atoms with van der Waals surface area (Å²) in [5, 5.41) is 0.583. The van der Waals surface area contributed by atoms with Gasteiger partial charge >= 0.3 is 0 Å². The van der Waals surface area contributed by atoms with Gasteiger partial charge in [0.25, 0.3) is 0 Å². The molecule has 0 amide bonds. The number of hydrogen-bond acceptors (Lipinski definition) is 2. The molecule has 0 unspecified atom stereocenters. The van der Waals surface area contributed by atoms with Gasteiger partial charge in [-0.05, 0) is 18.2 Å². The number of fused-ring (bicyclic) bond motifs is 3. The van der Waals surface area contributed by atoms with E-state index in [4.69, 9.17) is 0 Å². The number of imidazole rings is 1. The van der Waals surface area contributed by atoms with Crippen LogP contribution >= 0.6 is 0 Å². The summed E-state index contributed by atoms with van der Waals surface area (Å²) >= 11 is 0. The van der Waals surface area contributed by atoms with Crippen molar-refractivity contribution in [2.45, 2.75) is 0 Å². The molecule has 0 fully saturated rings. The van der Waals surface area contributed by atoms with Crippen LogP contribution in [0, 0.1) is 0 Å². The minimum absolute atomic E-state index is 0.503. The van der Waals surface area contributed by atoms with Gasteiger partial charge in [-0.25, -0.2) is 10.1 Å². The number of pyridine rings is 1. The van der Waals surface area contributed by atoms with E-state index >= 15 is 0 Å². The molecule has 0 aliphatic rings. The highest BCUT2D eigenvalue weighted by Crippen LogP contribution is 2.20. The zero-order chi connectivity index (χ0) is 11.1. The molecule has 3 aromatic rings. The molecule has 2 aromatic heterocycles. The predicted octanol–water partition coefficient (Wildman–Crippen LogP) is 2.81. The Kier molecular flexibility index (Phi) is 1.83. The molecule has 80 valence electrons. The Hall–Kier alpha value is -2.10. The summed E-state index contributed by atoms with van der Waals surface area (Å²) in [7, 11) is 1.37. The number of halogens is 1. The first kappa shape index (κ1) is 9.15. The Morgan fingerprint density at radius 1 is 1.25 bits per heavy atom. The molecule has 0 aliphatic carbocycles. The molecule has 3 nitrogen and oxygen atoms in total. The van der Waals surface area contributed by atoms with Gasteiger partial charge in [-0.15, -0.1) is 4.48 Å². The van der Waals surface area contributed by atoms with Crippen molar-refractivity contribution >= 4 is 22.4 Å². The molecule has 4 heteroatoms. The van der Waals surface area contributed by atoms with Gasteiger partial charge in [0.15, 0.2) is 0 Å². The van der Waals surface area contributed by atoms with E-state index in [0.29, 0.717) is 10.8 Å². The van der Waals surface area contributed by atoms with E-state index in [1.165, 1.54) is 7.05 Å². The maximum absolute atomic E-state index is 13.0. The fourth-order valence-corrected chi connectivity index (χ4v) is 1.84. The predicted molar refractivity (Wildman–Crippen MR) is 62.2 cm³/mol. The fourth-order valence-electron chi connectivity index (χ4n) is 1.84. The Morgan fingerprint density at radius 3 is 2.88 bits per heavy atom. The van der Waals surface area contributed by atoms with E-state index in [-0.39, 0.29) is 0 Å². The minimum Gasteiger partial charge on any atom is -0.300 e. The summed E-state index contributed by atoms with van der Waals surface area (Å²) in [4.78, 5) is 4.43. The SMILES string of the molecule is CN([18F])c1ccn2c(c1)nc1ccccc12. The van der Waals surface area contributed by atoms with Gasteiger partial charge in [0.05, 0.1) is 16.7 Å². The molecular weight excluding hydrogens is 204 g/mol. The van der Waals surface area contributed by atoms with Crippen LogP contribution in [-0.2, 0) is 0 Å². The molecule has 0 radical (unpaired) electrons. The lowest BCUT2D eigenvalue weighted by Crippen LogP contribution is -2.02. The molecule has 3 rings (SSSR count). The number of aromatic nitrogens is 2. The minimum atomic E-state index is 0.503. The zero-order valence-electron chi connectivity index (χ0n) is 8.76. The zero-order valence-corrected chi connectivity index (χ0v) is 8.76. The van der Waals surface area contributed by atoms with Crippen molar-refractivity contribution in [2.24, 2.45) is 0 Å². The van der Waals surface area contributed by atoms with Crippen LogP contribution in [0.1, 0.15) is 0 Å². The first-order valence-corrected chi connectivity index (χ1v) is 5.02. The smallest absolute Gasteiger partial charge is 0.140 e. The highest BCUT2D eigenvalue weighted by Gasteiger charge is 2.05. The second kappa shape index (κ2) is 3.20. The Balaban J connectivity index is 2.37. The summed E-state index contributed by atoms with van der Waals surface area (Å²) < 4.78 is 15.0. The second-order valence-corrected chi connectivity index (χ2v) is 3.69. The first-order chi connectivity index (χ1) is 7.75. The van der Waals surface area contributed by atoms with Crippen molar-refractivity contribution in [3.63, 3.8) is 0 Å². The third kappa shape index (κ3) is 1.23. The van der Waals surface area contributed by atoms with Crippen molar-refractivity contribution in [3.8, 4) is 0 Å². The van der Waals surface area contributed by atoms with Crippen molar-refractivity contribution in [3.05, 3.63) is 42.6 Å². The van der Waals surface area contributed by atoms with E-state index in [9.17, 15) is 4.48 Å². The standard InChI is InChI=1S/C12H10FN3/c1-15(13)9-6-7-16-11-5-3-2-4-10(11)14-12(16)8-9/h2-8H,1H3/i13-1. The summed E-state index contributed by atoms with van der Waals surface area (Å²) in [6, 6.07) is 11.3. The Labute approximate surface area is 91.7 Å². The molecule has 0 bridgehead atoms. The molecule has 0 spiro atoms. The van der Waals surface area contributed by atoms with Gasteiger partial charge in [0.2, 0.25) is 0 Å². The van der Waals surface area contributed by atoms with Crippen LogP contribution in [0.15, 0.2) is 42.6 Å². The van der Waals surface area contributed by atoms with Gasteiger partial charge in [-0.1, -0.05) is 12.1 Å². The third-order valence-corrected chi connectivity index (χ3v) is 2.65. The van der Waals surface area contributed by atoms with E-state index in [1.807, 2.05) is 34.9 Å². The van der Waals surface area contributed by atoms with Crippen LogP contribution in [0.25, 0.3) is 16.7 Å². The van der Waals surface area contributed by atoms with Crippen molar-refractivity contribution in [1.82, 2.24) is 9.38 Å². The quantitative estimate of drug-likeness (QED) is 0.580. The lowest BCUT2D eigenvalue weighted by Gasteiger charge is -2.06. The van der Waals surface area contributed by atoms with Crippen molar-refractivity contribution < 1.29 is 4.48 Å². The van der Waals surface area contributed by atoms with E-state index in [0.717, 1.165) is 16.7 Å². The number of anilines is 1. The molecule has 0 N–H and O–H groups in total. The molecule has 0 aliphatic heterocycles. The summed E-state index contributed by atoms with van der Waals surface area (Å²) in [5.74, 6) is 0. The fraction of sp³-hybridized carbons (Fsp3) is 0.0833. The Morgan fingerprint density at radius 2 is 2.06 bits per heavy atom. The monoisotopic (exact) mass is 214 g/mol. The molecule has 2 heterocycles. The lowest BCUT2D eigenvalue weighted by molar-refractivity contribution is 0.476. The van der Waals surface area contributed by atoms with E-state index in [1.54, 1.807) is 12.1 Å². The van der Waals surface area contributed by atoms with Crippen LogP contribution < -0.4 is 5.12 Å². The number of benzene rings is 1. The van der Waals surface area contributed by atoms with Crippen LogP contribution in [0.2, 0.25) is 0 Å². The van der Waals surface area contributed by atoms with Gasteiger partial charge < -0.3 is 0 Å². The molecule has 16 heavy (non-hydrogen) atoms. The molecule has 1 aromatic carbocycles. The molecule has 0 saturated carbocycles. The maximum Gasteiger partial charge on any atom is 0.140 e. The van der Waals surface area contributed by atoms with E-state index < -0.39 is 0 Å². The number of para-hydroxylation sites is 2. The number of rotatable bonds is 1. The molecule has 0 atom stereocenters. The van der Waals surface area contributed by atoms with Crippen LogP contribution in [-0.4, -0.2) is 16.4 Å². The summed E-state index contributed by atoms with van der Waals surface area (Å²) in [6.45, 7) is 0. The summed E-state index contributed by atoms with van der Waals surface area (Å²) in [5.41, 5.74) is 3.21. The normalized spacial score (nSPS) is 11.1. The number of hydrogen-bond donors (Lipinski definition) is 0. The molecular formula is C12H10FN3. The lowest BCUT2D eigenvalue weighted by atomic mass is 10.3. The summed E-state index contributed by atoms with van der Waals surface area (Å²) in [6.07, 6.45) is 1.83. The average molecular weight is 214 g/mol. The first-order valence-electron chi connectivity index (χ1n) is 5.02. The highest BCUT2D eigenvalue weighted by molar-refractivity contribution is 5.81. The van der Waals surface area contributed by atoms with Gasteiger partial charge in [-0.3, -0.25) is 4.40 Å². The topological polar surface area (TPSA) is 20.5 Å². The van der Waals surface area contributed by atoms with Crippen molar-refractivity contribution in [2.75, 3.05) is 12.2 Å². The van der Waals surface area contributed by atoms with Gasteiger partial charge in [0.1, 0.15) is 5.65 Å². The van der Waals surface area contributed by atoms with E-state index in [2.05, 4.69) is 4.98 Å². The molecule has 0 saturated heterocycles. The van der Waals surface area contributed by atoms with Gasteiger partial charge in [-0.2, -0.15) is 0 Å².